The number of benzene rings is 1. The third-order valence-corrected chi connectivity index (χ3v) is 4.13. The zero-order valence-electron chi connectivity index (χ0n) is 11.4. The number of carbonyl (C=O) groups is 2. The first-order valence-electron chi connectivity index (χ1n) is 6.45. The number of rotatable bonds is 4. The number of allylic oxidation sites excluding steroid dienone is 2. The predicted molar refractivity (Wildman–Crippen MR) is 79.2 cm³/mol. The van der Waals surface area contributed by atoms with Crippen molar-refractivity contribution in [3.63, 3.8) is 0 Å². The van der Waals surface area contributed by atoms with E-state index in [1.807, 2.05) is 0 Å². The molecule has 0 bridgehead atoms. The van der Waals surface area contributed by atoms with Crippen LogP contribution in [0, 0.1) is 11.3 Å². The molecule has 1 aromatic rings. The highest BCUT2D eigenvalue weighted by molar-refractivity contribution is 6.30. The maximum Gasteiger partial charge on any atom is 0.331 e. The molecule has 1 aliphatic carbocycles. The topological polar surface area (TPSA) is 74.6 Å². The molecule has 0 aliphatic heterocycles. The van der Waals surface area contributed by atoms with E-state index in [0.717, 1.165) is 5.56 Å². The molecule has 1 aromatic carbocycles. The Balaban J connectivity index is 2.40. The normalized spacial score (nSPS) is 24.5. The van der Waals surface area contributed by atoms with Crippen LogP contribution in [0.2, 0.25) is 5.02 Å². The van der Waals surface area contributed by atoms with E-state index in [1.165, 1.54) is 12.2 Å². The highest BCUT2D eigenvalue weighted by Gasteiger charge is 2.44. The Kier molecular flexibility index (Phi) is 4.19. The van der Waals surface area contributed by atoms with Crippen LogP contribution < -0.4 is 0 Å². The van der Waals surface area contributed by atoms with Crippen LogP contribution in [0.25, 0.3) is 0 Å². The molecule has 5 heteroatoms. The monoisotopic (exact) mass is 306 g/mol. The SMILES string of the molecule is CC1(C(=O)O)C=CC=C(C(=O)O)C1Cc1ccc(Cl)cc1. The lowest BCUT2D eigenvalue weighted by Gasteiger charge is -2.34. The van der Waals surface area contributed by atoms with Gasteiger partial charge in [0.15, 0.2) is 0 Å². The van der Waals surface area contributed by atoms with Crippen LogP contribution in [0.3, 0.4) is 0 Å². The second-order valence-corrected chi connectivity index (χ2v) is 5.69. The second-order valence-electron chi connectivity index (χ2n) is 5.26. The summed E-state index contributed by atoms with van der Waals surface area (Å²) in [5.74, 6) is -2.77. The van der Waals surface area contributed by atoms with E-state index in [2.05, 4.69) is 0 Å². The van der Waals surface area contributed by atoms with Crippen molar-refractivity contribution in [3.8, 4) is 0 Å². The number of halogens is 1. The van der Waals surface area contributed by atoms with Gasteiger partial charge in [0, 0.05) is 16.5 Å². The largest absolute Gasteiger partial charge is 0.481 e. The Morgan fingerprint density at radius 2 is 1.86 bits per heavy atom. The van der Waals surface area contributed by atoms with E-state index in [0.29, 0.717) is 11.4 Å². The molecule has 2 N–H and O–H groups in total. The number of aliphatic carboxylic acids is 2. The zero-order chi connectivity index (χ0) is 15.6. The summed E-state index contributed by atoms with van der Waals surface area (Å²) < 4.78 is 0. The van der Waals surface area contributed by atoms with Crippen LogP contribution in [0.1, 0.15) is 12.5 Å². The minimum atomic E-state index is -1.25. The molecule has 21 heavy (non-hydrogen) atoms. The average molecular weight is 307 g/mol. The Labute approximate surface area is 127 Å². The summed E-state index contributed by atoms with van der Waals surface area (Å²) in [5, 5.41) is 19.4. The average Bonchev–Trinajstić information content (AvgIpc) is 2.43. The van der Waals surface area contributed by atoms with Crippen molar-refractivity contribution in [1.29, 1.82) is 0 Å². The van der Waals surface area contributed by atoms with Gasteiger partial charge in [0.05, 0.1) is 5.41 Å². The molecule has 4 nitrogen and oxygen atoms in total. The molecule has 2 atom stereocenters. The predicted octanol–water partition coefficient (Wildman–Crippen LogP) is 3.17. The molecule has 110 valence electrons. The third kappa shape index (κ3) is 3.00. The van der Waals surface area contributed by atoms with Crippen molar-refractivity contribution in [2.45, 2.75) is 13.3 Å². The Morgan fingerprint density at radius 3 is 2.38 bits per heavy atom. The molecule has 1 aliphatic rings. The molecular formula is C16H15ClO4. The fraction of sp³-hybridized carbons (Fsp3) is 0.250. The molecule has 0 saturated carbocycles. The summed E-state index contributed by atoms with van der Waals surface area (Å²) in [4.78, 5) is 23.0. The van der Waals surface area contributed by atoms with E-state index in [-0.39, 0.29) is 5.57 Å². The van der Waals surface area contributed by atoms with Gasteiger partial charge in [0.25, 0.3) is 0 Å². The number of hydrogen-bond acceptors (Lipinski definition) is 2. The van der Waals surface area contributed by atoms with Gasteiger partial charge in [-0.1, -0.05) is 42.0 Å². The van der Waals surface area contributed by atoms with Gasteiger partial charge in [0.1, 0.15) is 0 Å². The van der Waals surface area contributed by atoms with Crippen molar-refractivity contribution in [3.05, 3.63) is 58.7 Å². The fourth-order valence-electron chi connectivity index (χ4n) is 2.53. The van der Waals surface area contributed by atoms with Gasteiger partial charge >= 0.3 is 11.9 Å². The van der Waals surface area contributed by atoms with Gasteiger partial charge in [-0.25, -0.2) is 4.79 Å². The van der Waals surface area contributed by atoms with Crippen molar-refractivity contribution in [2.75, 3.05) is 0 Å². The lowest BCUT2D eigenvalue weighted by Crippen LogP contribution is -2.39. The minimum absolute atomic E-state index is 0.109. The Bertz CT molecular complexity index is 630. The molecule has 2 rings (SSSR count). The summed E-state index contributed by atoms with van der Waals surface area (Å²) >= 11 is 5.83. The smallest absolute Gasteiger partial charge is 0.331 e. The highest BCUT2D eigenvalue weighted by Crippen LogP contribution is 2.40. The number of carboxylic acid groups (broad SMARTS) is 2. The van der Waals surface area contributed by atoms with Crippen LogP contribution in [-0.4, -0.2) is 22.2 Å². The fourth-order valence-corrected chi connectivity index (χ4v) is 2.65. The van der Waals surface area contributed by atoms with Crippen LogP contribution >= 0.6 is 11.6 Å². The lowest BCUT2D eigenvalue weighted by molar-refractivity contribution is -0.147. The van der Waals surface area contributed by atoms with Crippen molar-refractivity contribution >= 4 is 23.5 Å². The molecule has 0 saturated heterocycles. The minimum Gasteiger partial charge on any atom is -0.481 e. The van der Waals surface area contributed by atoms with Gasteiger partial charge in [0.2, 0.25) is 0 Å². The van der Waals surface area contributed by atoms with E-state index in [9.17, 15) is 19.8 Å². The summed E-state index contributed by atoms with van der Waals surface area (Å²) in [6.45, 7) is 1.54. The van der Waals surface area contributed by atoms with E-state index >= 15 is 0 Å². The van der Waals surface area contributed by atoms with E-state index in [4.69, 9.17) is 11.6 Å². The number of carboxylic acids is 2. The first kappa shape index (κ1) is 15.3. The van der Waals surface area contributed by atoms with Gasteiger partial charge < -0.3 is 10.2 Å². The quantitative estimate of drug-likeness (QED) is 0.896. The third-order valence-electron chi connectivity index (χ3n) is 3.88. The van der Waals surface area contributed by atoms with Gasteiger partial charge in [-0.3, -0.25) is 4.79 Å². The molecule has 2 unspecified atom stereocenters. The maximum atomic E-state index is 11.6. The van der Waals surface area contributed by atoms with Gasteiger partial charge in [-0.05, 0) is 31.0 Å². The molecule has 0 fully saturated rings. The van der Waals surface area contributed by atoms with Crippen molar-refractivity contribution in [2.24, 2.45) is 11.3 Å². The number of hydrogen-bond donors (Lipinski definition) is 2. The van der Waals surface area contributed by atoms with Crippen molar-refractivity contribution in [1.82, 2.24) is 0 Å². The lowest BCUT2D eigenvalue weighted by atomic mass is 9.68. The summed E-state index contributed by atoms with van der Waals surface area (Å²) in [5.41, 5.74) is -0.293. The zero-order valence-corrected chi connectivity index (χ0v) is 12.2. The van der Waals surface area contributed by atoms with Crippen LogP contribution in [0.4, 0.5) is 0 Å². The van der Waals surface area contributed by atoms with Gasteiger partial charge in [-0.15, -0.1) is 0 Å². The van der Waals surface area contributed by atoms with Crippen LogP contribution in [0.15, 0.2) is 48.1 Å². The molecule has 0 spiro atoms. The molecule has 0 amide bonds. The van der Waals surface area contributed by atoms with Crippen LogP contribution in [0.5, 0.6) is 0 Å². The van der Waals surface area contributed by atoms with Crippen LogP contribution in [-0.2, 0) is 16.0 Å². The highest BCUT2D eigenvalue weighted by atomic mass is 35.5. The van der Waals surface area contributed by atoms with Gasteiger partial charge in [-0.2, -0.15) is 0 Å². The Morgan fingerprint density at radius 1 is 1.24 bits per heavy atom. The standard InChI is InChI=1S/C16H15ClO4/c1-16(15(20)21)8-2-3-12(14(18)19)13(16)9-10-4-6-11(17)7-5-10/h2-8,13H,9H2,1H3,(H,18,19)(H,20,21). The molecular weight excluding hydrogens is 292 g/mol. The summed E-state index contributed by atoms with van der Waals surface area (Å²) in [6, 6.07) is 6.97. The molecule has 0 radical (unpaired) electrons. The van der Waals surface area contributed by atoms with Crippen molar-refractivity contribution < 1.29 is 19.8 Å². The van der Waals surface area contributed by atoms with E-state index < -0.39 is 23.3 Å². The first-order chi connectivity index (χ1) is 9.84. The maximum absolute atomic E-state index is 11.6. The van der Waals surface area contributed by atoms with E-state index in [1.54, 1.807) is 37.3 Å². The molecule has 0 heterocycles. The summed E-state index contributed by atoms with van der Waals surface area (Å²) in [6.07, 6.45) is 4.83. The summed E-state index contributed by atoms with van der Waals surface area (Å²) in [7, 11) is 0. The first-order valence-corrected chi connectivity index (χ1v) is 6.83. The molecule has 0 aromatic heterocycles. The second kappa shape index (κ2) is 5.74. The Hall–Kier alpha value is -2.07.